The van der Waals surface area contributed by atoms with E-state index in [4.69, 9.17) is 0 Å². The largest absolute Gasteiger partial charge is 0.354 e. The van der Waals surface area contributed by atoms with Crippen LogP contribution in [0.1, 0.15) is 44.1 Å². The maximum absolute atomic E-state index is 13.1. The monoisotopic (exact) mass is 552 g/mol. The van der Waals surface area contributed by atoms with Gasteiger partial charge in [-0.1, -0.05) is 24.6 Å². The summed E-state index contributed by atoms with van der Waals surface area (Å²) in [5.74, 6) is 0.733. The molecule has 9 heteroatoms. The number of benzene rings is 1. The van der Waals surface area contributed by atoms with Crippen LogP contribution in [-0.2, 0) is 16.6 Å². The number of hydrogen-bond acceptors (Lipinski definition) is 4. The molecular weight excluding hydrogens is 519 g/mol. The standard InChI is InChI=1S/C20H32N4O2S2.HI/c1-21-20(23-17-10-11-18(14-17)27-2)22-15-16-8-4-5-9-19(16)28(25,26)24-12-6-3-7-13-24;/h4-5,8-9,17-18H,3,6-7,10-15H2,1-2H3,(H2,21,22,23);1H. The molecule has 0 amide bonds. The minimum Gasteiger partial charge on any atom is -0.354 e. The van der Waals surface area contributed by atoms with Crippen LogP contribution in [0.2, 0.25) is 0 Å². The van der Waals surface area contributed by atoms with Crippen molar-refractivity contribution in [3.8, 4) is 0 Å². The lowest BCUT2D eigenvalue weighted by atomic mass is 10.2. The van der Waals surface area contributed by atoms with Gasteiger partial charge < -0.3 is 10.6 Å². The summed E-state index contributed by atoms with van der Waals surface area (Å²) in [7, 11) is -1.69. The van der Waals surface area contributed by atoms with Crippen molar-refractivity contribution in [2.24, 2.45) is 4.99 Å². The zero-order chi connectivity index (χ0) is 20.0. The van der Waals surface area contributed by atoms with Crippen molar-refractivity contribution in [3.05, 3.63) is 29.8 Å². The molecule has 6 nitrogen and oxygen atoms in total. The average Bonchev–Trinajstić information content (AvgIpc) is 3.19. The zero-order valence-corrected chi connectivity index (χ0v) is 21.2. The van der Waals surface area contributed by atoms with Gasteiger partial charge >= 0.3 is 0 Å². The molecule has 2 aliphatic rings. The smallest absolute Gasteiger partial charge is 0.243 e. The fourth-order valence-electron chi connectivity index (χ4n) is 4.00. The SMILES string of the molecule is CN=C(NCc1ccccc1S(=O)(=O)N1CCCCC1)NC1CCC(SC)C1.I. The summed E-state index contributed by atoms with van der Waals surface area (Å²) in [6, 6.07) is 7.72. The second-order valence-corrected chi connectivity index (χ2v) is 10.6. The van der Waals surface area contributed by atoms with Gasteiger partial charge in [0, 0.05) is 38.0 Å². The number of halogens is 1. The summed E-state index contributed by atoms with van der Waals surface area (Å²) in [6.45, 7) is 1.67. The van der Waals surface area contributed by atoms with Crippen molar-refractivity contribution >= 4 is 51.7 Å². The lowest BCUT2D eigenvalue weighted by molar-refractivity contribution is 0.346. The molecule has 2 atom stereocenters. The highest BCUT2D eigenvalue weighted by Crippen LogP contribution is 2.28. The maximum Gasteiger partial charge on any atom is 0.243 e. The van der Waals surface area contributed by atoms with Crippen molar-refractivity contribution in [1.29, 1.82) is 0 Å². The van der Waals surface area contributed by atoms with Crippen LogP contribution in [0.3, 0.4) is 0 Å². The van der Waals surface area contributed by atoms with Crippen LogP contribution in [0.15, 0.2) is 34.2 Å². The van der Waals surface area contributed by atoms with Crippen molar-refractivity contribution in [1.82, 2.24) is 14.9 Å². The Balaban J connectivity index is 0.00000300. The molecule has 2 fully saturated rings. The van der Waals surface area contributed by atoms with Crippen LogP contribution in [0, 0.1) is 0 Å². The quantitative estimate of drug-likeness (QED) is 0.322. The third-order valence-electron chi connectivity index (χ3n) is 5.63. The Kier molecular flexibility index (Phi) is 10.0. The molecule has 2 N–H and O–H groups in total. The Morgan fingerprint density at radius 1 is 1.21 bits per heavy atom. The van der Waals surface area contributed by atoms with Crippen LogP contribution in [0.25, 0.3) is 0 Å². The molecule has 0 aromatic heterocycles. The first-order valence-electron chi connectivity index (χ1n) is 10.1. The first kappa shape index (κ1) is 24.7. The van der Waals surface area contributed by atoms with E-state index < -0.39 is 10.0 Å². The molecule has 1 aromatic rings. The molecule has 1 saturated carbocycles. The van der Waals surface area contributed by atoms with Gasteiger partial charge in [-0.25, -0.2) is 8.42 Å². The maximum atomic E-state index is 13.1. The van der Waals surface area contributed by atoms with Gasteiger partial charge in [0.15, 0.2) is 5.96 Å². The molecule has 1 saturated heterocycles. The Hall–Kier alpha value is -0.520. The van der Waals surface area contributed by atoms with E-state index in [-0.39, 0.29) is 24.0 Å². The fraction of sp³-hybridized carbons (Fsp3) is 0.650. The Bertz CT molecular complexity index is 782. The third kappa shape index (κ3) is 6.48. The van der Waals surface area contributed by atoms with E-state index in [9.17, 15) is 8.42 Å². The van der Waals surface area contributed by atoms with Crippen molar-refractivity contribution in [2.45, 2.75) is 61.3 Å². The first-order chi connectivity index (χ1) is 13.5. The van der Waals surface area contributed by atoms with Crippen molar-refractivity contribution in [2.75, 3.05) is 26.4 Å². The van der Waals surface area contributed by atoms with Crippen molar-refractivity contribution in [3.63, 3.8) is 0 Å². The minimum absolute atomic E-state index is 0. The van der Waals surface area contributed by atoms with E-state index in [1.54, 1.807) is 23.5 Å². The number of rotatable bonds is 6. The van der Waals surface area contributed by atoms with Gasteiger partial charge in [-0.2, -0.15) is 16.1 Å². The summed E-state index contributed by atoms with van der Waals surface area (Å²) >= 11 is 1.93. The number of nitrogens with one attached hydrogen (secondary N) is 2. The number of nitrogens with zero attached hydrogens (tertiary/aromatic N) is 2. The van der Waals surface area contributed by atoms with Gasteiger partial charge in [0.1, 0.15) is 0 Å². The Labute approximate surface area is 196 Å². The Morgan fingerprint density at radius 3 is 2.59 bits per heavy atom. The second kappa shape index (κ2) is 11.8. The van der Waals surface area contributed by atoms with Gasteiger partial charge in [-0.3, -0.25) is 4.99 Å². The molecule has 0 spiro atoms. The molecule has 29 heavy (non-hydrogen) atoms. The normalized spacial score (nSPS) is 23.4. The molecule has 0 radical (unpaired) electrons. The second-order valence-electron chi connectivity index (χ2n) is 7.51. The molecule has 1 aromatic carbocycles. The third-order valence-corrected chi connectivity index (χ3v) is 8.73. The predicted molar refractivity (Wildman–Crippen MR) is 133 cm³/mol. The van der Waals surface area contributed by atoms with Crippen LogP contribution in [0.5, 0.6) is 0 Å². The van der Waals surface area contributed by atoms with Gasteiger partial charge in [0.25, 0.3) is 0 Å². The molecule has 1 aliphatic heterocycles. The van der Waals surface area contributed by atoms with E-state index in [1.807, 2.05) is 23.9 Å². The number of guanidine groups is 1. The number of hydrogen-bond donors (Lipinski definition) is 2. The van der Waals surface area contributed by atoms with Crippen LogP contribution >= 0.6 is 35.7 Å². The van der Waals surface area contributed by atoms with Gasteiger partial charge in [-0.15, -0.1) is 24.0 Å². The molecule has 1 aliphatic carbocycles. The Morgan fingerprint density at radius 2 is 1.93 bits per heavy atom. The highest BCUT2D eigenvalue weighted by atomic mass is 127. The van der Waals surface area contributed by atoms with E-state index >= 15 is 0 Å². The number of sulfonamides is 1. The number of aliphatic imine (C=N–C) groups is 1. The summed E-state index contributed by atoms with van der Waals surface area (Å²) in [5, 5.41) is 7.51. The summed E-state index contributed by atoms with van der Waals surface area (Å²) in [5.41, 5.74) is 0.782. The molecule has 1 heterocycles. The zero-order valence-electron chi connectivity index (χ0n) is 17.3. The van der Waals surface area contributed by atoms with E-state index in [1.165, 1.54) is 6.42 Å². The molecule has 0 bridgehead atoms. The lowest BCUT2D eigenvalue weighted by Gasteiger charge is -2.27. The summed E-state index contributed by atoms with van der Waals surface area (Å²) in [4.78, 5) is 4.73. The highest BCUT2D eigenvalue weighted by Gasteiger charge is 2.28. The van der Waals surface area contributed by atoms with Crippen LogP contribution in [0.4, 0.5) is 0 Å². The van der Waals surface area contributed by atoms with E-state index in [0.717, 1.165) is 43.6 Å². The first-order valence-corrected chi connectivity index (χ1v) is 12.9. The highest BCUT2D eigenvalue weighted by molar-refractivity contribution is 14.0. The van der Waals surface area contributed by atoms with Crippen LogP contribution in [-0.4, -0.2) is 56.4 Å². The van der Waals surface area contributed by atoms with Crippen LogP contribution < -0.4 is 10.6 Å². The average molecular weight is 553 g/mol. The van der Waals surface area contributed by atoms with Gasteiger partial charge in [-0.05, 0) is 50.0 Å². The molecule has 2 unspecified atom stereocenters. The lowest BCUT2D eigenvalue weighted by Crippen LogP contribution is -2.42. The fourth-order valence-corrected chi connectivity index (χ4v) is 6.53. The van der Waals surface area contributed by atoms with Crippen molar-refractivity contribution < 1.29 is 8.42 Å². The minimum atomic E-state index is -3.45. The summed E-state index contributed by atoms with van der Waals surface area (Å²) < 4.78 is 27.9. The molecular formula is C20H33IN4O2S2. The topological polar surface area (TPSA) is 73.8 Å². The molecule has 164 valence electrons. The number of thioether (sulfide) groups is 1. The van der Waals surface area contributed by atoms with E-state index in [2.05, 4.69) is 21.9 Å². The number of piperidine rings is 1. The summed E-state index contributed by atoms with van der Waals surface area (Å²) in [6.07, 6.45) is 8.67. The predicted octanol–water partition coefficient (Wildman–Crippen LogP) is 3.43. The van der Waals surface area contributed by atoms with Gasteiger partial charge in [0.2, 0.25) is 10.0 Å². The van der Waals surface area contributed by atoms with E-state index in [0.29, 0.717) is 35.8 Å². The van der Waals surface area contributed by atoms with Gasteiger partial charge in [0.05, 0.1) is 4.90 Å². The molecule has 3 rings (SSSR count).